The van der Waals surface area contributed by atoms with Crippen molar-refractivity contribution in [2.24, 2.45) is 11.8 Å². The molecule has 1 aliphatic rings. The molecule has 2 atom stereocenters. The highest BCUT2D eigenvalue weighted by atomic mass is 16.5. The second kappa shape index (κ2) is 7.60. The fraction of sp³-hybridized carbons (Fsp3) is 0.333. The van der Waals surface area contributed by atoms with Crippen molar-refractivity contribution in [2.45, 2.75) is 26.8 Å². The molecule has 2 aromatic rings. The fourth-order valence-electron chi connectivity index (χ4n) is 2.95. The minimum absolute atomic E-state index is 0.0677. The summed E-state index contributed by atoms with van der Waals surface area (Å²) < 4.78 is 5.12. The highest BCUT2D eigenvalue weighted by Gasteiger charge is 2.47. The lowest BCUT2D eigenvalue weighted by Crippen LogP contribution is -2.27. The van der Waals surface area contributed by atoms with Crippen LogP contribution in [0.5, 0.6) is 5.75 Å². The average molecular weight is 352 g/mol. The Morgan fingerprint density at radius 3 is 2.42 bits per heavy atom. The lowest BCUT2D eigenvalue weighted by Gasteiger charge is -2.10. The number of carbonyl (C=O) groups excluding carboxylic acids is 2. The summed E-state index contributed by atoms with van der Waals surface area (Å²) in [5.74, 6) is 0.153. The predicted molar refractivity (Wildman–Crippen MR) is 101 cm³/mol. The van der Waals surface area contributed by atoms with Crippen LogP contribution in [-0.2, 0) is 16.1 Å². The molecule has 0 bridgehead atoms. The van der Waals surface area contributed by atoms with Gasteiger partial charge in [0.05, 0.1) is 18.9 Å². The maximum Gasteiger partial charge on any atom is 0.228 e. The second-order valence-electron chi connectivity index (χ2n) is 6.75. The molecule has 2 N–H and O–H groups in total. The first-order valence-electron chi connectivity index (χ1n) is 8.77. The van der Waals surface area contributed by atoms with E-state index in [-0.39, 0.29) is 23.7 Å². The molecule has 5 heteroatoms. The molecular weight excluding hydrogens is 328 g/mol. The Morgan fingerprint density at radius 2 is 1.73 bits per heavy atom. The van der Waals surface area contributed by atoms with E-state index in [0.717, 1.165) is 28.1 Å². The van der Waals surface area contributed by atoms with E-state index in [9.17, 15) is 9.59 Å². The van der Waals surface area contributed by atoms with Crippen LogP contribution >= 0.6 is 0 Å². The van der Waals surface area contributed by atoms with E-state index in [0.29, 0.717) is 13.0 Å². The lowest BCUT2D eigenvalue weighted by molar-refractivity contribution is -0.125. The molecule has 136 valence electrons. The zero-order chi connectivity index (χ0) is 18.7. The smallest absolute Gasteiger partial charge is 0.228 e. The Labute approximate surface area is 153 Å². The van der Waals surface area contributed by atoms with Crippen LogP contribution in [-0.4, -0.2) is 18.9 Å². The van der Waals surface area contributed by atoms with Crippen LogP contribution in [0.4, 0.5) is 5.69 Å². The van der Waals surface area contributed by atoms with Crippen LogP contribution in [0.1, 0.15) is 23.1 Å². The molecule has 26 heavy (non-hydrogen) atoms. The molecular formula is C21H24N2O3. The molecule has 0 aliphatic heterocycles. The number of rotatable bonds is 6. The van der Waals surface area contributed by atoms with Gasteiger partial charge in [-0.15, -0.1) is 0 Å². The predicted octanol–water partition coefficient (Wildman–Crippen LogP) is 3.20. The molecule has 0 aromatic heterocycles. The van der Waals surface area contributed by atoms with Crippen molar-refractivity contribution in [3.05, 3.63) is 59.2 Å². The van der Waals surface area contributed by atoms with Crippen molar-refractivity contribution in [1.29, 1.82) is 0 Å². The van der Waals surface area contributed by atoms with Gasteiger partial charge in [0.1, 0.15) is 5.75 Å². The molecule has 1 fully saturated rings. The van der Waals surface area contributed by atoms with Gasteiger partial charge in [-0.2, -0.15) is 0 Å². The lowest BCUT2D eigenvalue weighted by atomic mass is 10.1. The van der Waals surface area contributed by atoms with Crippen LogP contribution < -0.4 is 15.4 Å². The van der Waals surface area contributed by atoms with E-state index < -0.39 is 0 Å². The summed E-state index contributed by atoms with van der Waals surface area (Å²) in [4.78, 5) is 24.7. The molecule has 1 saturated carbocycles. The summed E-state index contributed by atoms with van der Waals surface area (Å²) in [7, 11) is 1.62. The maximum atomic E-state index is 12.4. The van der Waals surface area contributed by atoms with Gasteiger partial charge in [0.2, 0.25) is 11.8 Å². The number of ether oxygens (including phenoxy) is 1. The monoisotopic (exact) mass is 352 g/mol. The Hall–Kier alpha value is -2.82. The van der Waals surface area contributed by atoms with Crippen LogP contribution in [0, 0.1) is 25.7 Å². The zero-order valence-electron chi connectivity index (χ0n) is 15.3. The number of anilines is 1. The summed E-state index contributed by atoms with van der Waals surface area (Å²) in [6, 6.07) is 13.4. The van der Waals surface area contributed by atoms with Crippen molar-refractivity contribution in [2.75, 3.05) is 12.4 Å². The molecule has 2 amide bonds. The summed E-state index contributed by atoms with van der Waals surface area (Å²) in [6.45, 7) is 4.44. The summed E-state index contributed by atoms with van der Waals surface area (Å²) in [5, 5.41) is 5.86. The van der Waals surface area contributed by atoms with Gasteiger partial charge in [0, 0.05) is 12.2 Å². The van der Waals surface area contributed by atoms with Gasteiger partial charge in [0.25, 0.3) is 0 Å². The number of amides is 2. The van der Waals surface area contributed by atoms with Gasteiger partial charge in [-0.25, -0.2) is 0 Å². The van der Waals surface area contributed by atoms with Crippen molar-refractivity contribution in [3.63, 3.8) is 0 Å². The average Bonchev–Trinajstić information content (AvgIpc) is 3.45. The van der Waals surface area contributed by atoms with Gasteiger partial charge in [-0.1, -0.05) is 24.3 Å². The number of hydrogen-bond donors (Lipinski definition) is 2. The Balaban J connectivity index is 1.50. The third-order valence-electron chi connectivity index (χ3n) is 4.95. The molecule has 2 aromatic carbocycles. The molecule has 0 heterocycles. The van der Waals surface area contributed by atoms with E-state index in [2.05, 4.69) is 10.6 Å². The Kier molecular flexibility index (Phi) is 5.26. The molecule has 5 nitrogen and oxygen atoms in total. The van der Waals surface area contributed by atoms with E-state index in [1.54, 1.807) is 7.11 Å². The number of carbonyl (C=O) groups is 2. The zero-order valence-corrected chi connectivity index (χ0v) is 15.3. The number of nitrogens with one attached hydrogen (secondary N) is 2. The third kappa shape index (κ3) is 4.04. The SMILES string of the molecule is COc1ccc(CNC(=O)C2CC2C(=O)Nc2cccc(C)c2C)cc1. The first kappa shape index (κ1) is 18.0. The maximum absolute atomic E-state index is 12.4. The largest absolute Gasteiger partial charge is 0.497 e. The Morgan fingerprint density at radius 1 is 1.04 bits per heavy atom. The molecule has 1 aliphatic carbocycles. The van der Waals surface area contributed by atoms with Crippen molar-refractivity contribution >= 4 is 17.5 Å². The van der Waals surface area contributed by atoms with Gasteiger partial charge < -0.3 is 15.4 Å². The second-order valence-corrected chi connectivity index (χ2v) is 6.75. The standard InChI is InChI=1S/C21H24N2O3/c1-13-5-4-6-19(14(13)2)23-21(25)18-11-17(18)20(24)22-12-15-7-9-16(26-3)10-8-15/h4-10,17-18H,11-12H2,1-3H3,(H,22,24)(H,23,25). The topological polar surface area (TPSA) is 67.4 Å². The van der Waals surface area contributed by atoms with Gasteiger partial charge in [-0.05, 0) is 55.2 Å². The Bertz CT molecular complexity index is 815. The quantitative estimate of drug-likeness (QED) is 0.839. The molecule has 0 radical (unpaired) electrons. The van der Waals surface area contributed by atoms with Crippen LogP contribution in [0.25, 0.3) is 0 Å². The van der Waals surface area contributed by atoms with Gasteiger partial charge in [0.15, 0.2) is 0 Å². The minimum atomic E-state index is -0.245. The van der Waals surface area contributed by atoms with Crippen molar-refractivity contribution in [1.82, 2.24) is 5.32 Å². The van der Waals surface area contributed by atoms with Crippen molar-refractivity contribution < 1.29 is 14.3 Å². The molecule has 3 rings (SSSR count). The first-order chi connectivity index (χ1) is 12.5. The van der Waals surface area contributed by atoms with Gasteiger partial charge in [-0.3, -0.25) is 9.59 Å². The highest BCUT2D eigenvalue weighted by Crippen LogP contribution is 2.39. The fourth-order valence-corrected chi connectivity index (χ4v) is 2.95. The van der Waals surface area contributed by atoms with E-state index in [1.165, 1.54) is 0 Å². The van der Waals surface area contributed by atoms with Crippen LogP contribution in [0.15, 0.2) is 42.5 Å². The van der Waals surface area contributed by atoms with Crippen LogP contribution in [0.3, 0.4) is 0 Å². The van der Waals surface area contributed by atoms with Gasteiger partial charge >= 0.3 is 0 Å². The minimum Gasteiger partial charge on any atom is -0.497 e. The summed E-state index contributed by atoms with van der Waals surface area (Å²) >= 11 is 0. The summed E-state index contributed by atoms with van der Waals surface area (Å²) in [5.41, 5.74) is 4.00. The number of methoxy groups -OCH3 is 1. The summed E-state index contributed by atoms with van der Waals surface area (Å²) in [6.07, 6.45) is 0.602. The van der Waals surface area contributed by atoms with E-state index >= 15 is 0 Å². The normalized spacial score (nSPS) is 18.1. The third-order valence-corrected chi connectivity index (χ3v) is 4.95. The molecule has 0 saturated heterocycles. The number of hydrogen-bond acceptors (Lipinski definition) is 3. The van der Waals surface area contributed by atoms with Crippen molar-refractivity contribution in [3.8, 4) is 5.75 Å². The molecule has 0 spiro atoms. The molecule has 2 unspecified atom stereocenters. The number of benzene rings is 2. The van der Waals surface area contributed by atoms with E-state index in [1.807, 2.05) is 56.3 Å². The van der Waals surface area contributed by atoms with Crippen LogP contribution in [0.2, 0.25) is 0 Å². The first-order valence-corrected chi connectivity index (χ1v) is 8.77. The number of aryl methyl sites for hydroxylation is 1. The van der Waals surface area contributed by atoms with E-state index in [4.69, 9.17) is 4.74 Å². The highest BCUT2D eigenvalue weighted by molar-refractivity contribution is 6.00.